The number of benzene rings is 3. The van der Waals surface area contributed by atoms with Crippen molar-refractivity contribution in [1.82, 2.24) is 0 Å². The molecule has 0 aliphatic heterocycles. The van der Waals surface area contributed by atoms with E-state index in [0.29, 0.717) is 16.5 Å². The van der Waals surface area contributed by atoms with Gasteiger partial charge in [-0.3, -0.25) is 9.10 Å². The van der Waals surface area contributed by atoms with Gasteiger partial charge in [0.2, 0.25) is 5.91 Å². The second-order valence-corrected chi connectivity index (χ2v) is 9.28. The Kier molecular flexibility index (Phi) is 6.87. The van der Waals surface area contributed by atoms with Crippen LogP contribution in [0.4, 0.5) is 11.4 Å². The molecule has 0 aliphatic carbocycles. The van der Waals surface area contributed by atoms with E-state index in [1.165, 1.54) is 19.2 Å². The molecule has 31 heavy (non-hydrogen) atoms. The molecule has 6 nitrogen and oxygen atoms in total. The summed E-state index contributed by atoms with van der Waals surface area (Å²) in [7, 11) is -2.59. The summed E-state index contributed by atoms with van der Waals surface area (Å²) in [6, 6.07) is 18.2. The SMILES string of the molecule is COc1ccc(C)cc1N(CC(=O)Nc1ccc(C)c(Cl)c1)S(=O)(=O)c1ccccc1. The van der Waals surface area contributed by atoms with E-state index < -0.39 is 22.5 Å². The van der Waals surface area contributed by atoms with E-state index in [0.717, 1.165) is 15.4 Å². The lowest BCUT2D eigenvalue weighted by Gasteiger charge is -2.26. The normalized spacial score (nSPS) is 11.1. The molecule has 3 aromatic carbocycles. The maximum Gasteiger partial charge on any atom is 0.264 e. The minimum Gasteiger partial charge on any atom is -0.495 e. The van der Waals surface area contributed by atoms with Crippen molar-refractivity contribution >= 4 is 38.9 Å². The molecule has 0 saturated heterocycles. The fraction of sp³-hybridized carbons (Fsp3) is 0.174. The van der Waals surface area contributed by atoms with Gasteiger partial charge in [-0.2, -0.15) is 0 Å². The number of nitrogens with zero attached hydrogens (tertiary/aromatic N) is 1. The second kappa shape index (κ2) is 9.41. The van der Waals surface area contributed by atoms with Gasteiger partial charge in [0, 0.05) is 10.7 Å². The number of methoxy groups -OCH3 is 1. The van der Waals surface area contributed by atoms with Crippen molar-refractivity contribution in [2.24, 2.45) is 0 Å². The van der Waals surface area contributed by atoms with Gasteiger partial charge >= 0.3 is 0 Å². The van der Waals surface area contributed by atoms with Crippen LogP contribution in [0.25, 0.3) is 0 Å². The van der Waals surface area contributed by atoms with Gasteiger partial charge in [-0.05, 0) is 61.4 Å². The highest BCUT2D eigenvalue weighted by molar-refractivity contribution is 7.92. The highest BCUT2D eigenvalue weighted by Gasteiger charge is 2.29. The van der Waals surface area contributed by atoms with Gasteiger partial charge in [0.25, 0.3) is 10.0 Å². The molecule has 162 valence electrons. The van der Waals surface area contributed by atoms with Crippen LogP contribution >= 0.6 is 11.6 Å². The third kappa shape index (κ3) is 5.18. The molecule has 1 N–H and O–H groups in total. The van der Waals surface area contributed by atoms with E-state index in [2.05, 4.69) is 5.32 Å². The molecule has 0 bridgehead atoms. The Hall–Kier alpha value is -3.03. The van der Waals surface area contributed by atoms with Gasteiger partial charge in [-0.1, -0.05) is 41.9 Å². The summed E-state index contributed by atoms with van der Waals surface area (Å²) in [6.07, 6.45) is 0. The number of hydrogen-bond donors (Lipinski definition) is 1. The van der Waals surface area contributed by atoms with Crippen LogP contribution in [0, 0.1) is 13.8 Å². The smallest absolute Gasteiger partial charge is 0.264 e. The van der Waals surface area contributed by atoms with E-state index in [-0.39, 0.29) is 10.6 Å². The molecular weight excluding hydrogens is 436 g/mol. The Morgan fingerprint density at radius 1 is 1.03 bits per heavy atom. The molecule has 0 spiro atoms. The summed E-state index contributed by atoms with van der Waals surface area (Å²) in [5.74, 6) is -0.167. The van der Waals surface area contributed by atoms with Gasteiger partial charge in [-0.15, -0.1) is 0 Å². The highest BCUT2D eigenvalue weighted by Crippen LogP contribution is 2.33. The van der Waals surface area contributed by atoms with Crippen LogP contribution in [0.3, 0.4) is 0 Å². The number of rotatable bonds is 7. The molecule has 0 radical (unpaired) electrons. The van der Waals surface area contributed by atoms with Crippen molar-refractivity contribution in [3.05, 3.63) is 82.9 Å². The van der Waals surface area contributed by atoms with Crippen molar-refractivity contribution in [3.8, 4) is 5.75 Å². The predicted molar refractivity (Wildman–Crippen MR) is 124 cm³/mol. The number of nitrogens with one attached hydrogen (secondary N) is 1. The minimum atomic E-state index is -4.04. The fourth-order valence-corrected chi connectivity index (χ4v) is 4.64. The Morgan fingerprint density at radius 3 is 2.39 bits per heavy atom. The molecule has 0 unspecified atom stereocenters. The van der Waals surface area contributed by atoms with Crippen molar-refractivity contribution in [2.45, 2.75) is 18.7 Å². The first-order chi connectivity index (χ1) is 14.7. The molecule has 0 aromatic heterocycles. The first-order valence-corrected chi connectivity index (χ1v) is 11.3. The number of anilines is 2. The molecule has 0 fully saturated rings. The van der Waals surface area contributed by atoms with Gasteiger partial charge in [0.1, 0.15) is 12.3 Å². The number of ether oxygens (including phenoxy) is 1. The zero-order valence-electron chi connectivity index (χ0n) is 17.4. The van der Waals surface area contributed by atoms with E-state index in [1.807, 2.05) is 19.9 Å². The summed E-state index contributed by atoms with van der Waals surface area (Å²) in [5, 5.41) is 3.22. The highest BCUT2D eigenvalue weighted by atomic mass is 35.5. The molecular formula is C23H23ClN2O4S. The number of carbonyl (C=O) groups is 1. The summed E-state index contributed by atoms with van der Waals surface area (Å²) >= 11 is 6.13. The zero-order chi connectivity index (χ0) is 22.6. The number of carbonyl (C=O) groups excluding carboxylic acids is 1. The molecule has 0 atom stereocenters. The van der Waals surface area contributed by atoms with Gasteiger partial charge in [0.15, 0.2) is 0 Å². The average molecular weight is 459 g/mol. The summed E-state index contributed by atoms with van der Waals surface area (Å²) < 4.78 is 33.4. The molecule has 0 saturated carbocycles. The molecule has 3 aromatic rings. The summed E-state index contributed by atoms with van der Waals surface area (Å²) in [5.41, 5.74) is 2.46. The number of aryl methyl sites for hydroxylation is 2. The Balaban J connectivity index is 2.01. The Morgan fingerprint density at radius 2 is 1.74 bits per heavy atom. The van der Waals surface area contributed by atoms with Crippen LogP contribution in [-0.2, 0) is 14.8 Å². The molecule has 3 rings (SSSR count). The van der Waals surface area contributed by atoms with Gasteiger partial charge in [0.05, 0.1) is 17.7 Å². The van der Waals surface area contributed by atoms with Crippen LogP contribution < -0.4 is 14.4 Å². The predicted octanol–water partition coefficient (Wildman–Crippen LogP) is 4.80. The largest absolute Gasteiger partial charge is 0.495 e. The Bertz CT molecular complexity index is 1200. The molecule has 1 amide bonds. The lowest BCUT2D eigenvalue weighted by molar-refractivity contribution is -0.114. The van der Waals surface area contributed by atoms with Crippen molar-refractivity contribution < 1.29 is 17.9 Å². The van der Waals surface area contributed by atoms with E-state index in [4.69, 9.17) is 16.3 Å². The monoisotopic (exact) mass is 458 g/mol. The summed E-state index contributed by atoms with van der Waals surface area (Å²) in [6.45, 7) is 3.25. The zero-order valence-corrected chi connectivity index (χ0v) is 19.0. The van der Waals surface area contributed by atoms with Gasteiger partial charge < -0.3 is 10.1 Å². The first-order valence-electron chi connectivity index (χ1n) is 9.51. The topological polar surface area (TPSA) is 75.7 Å². The molecule has 8 heteroatoms. The van der Waals surface area contributed by atoms with Crippen molar-refractivity contribution in [1.29, 1.82) is 0 Å². The molecule has 0 heterocycles. The van der Waals surface area contributed by atoms with Crippen LogP contribution in [0.15, 0.2) is 71.6 Å². The van der Waals surface area contributed by atoms with Crippen LogP contribution in [0.1, 0.15) is 11.1 Å². The third-order valence-corrected chi connectivity index (χ3v) is 6.86. The number of sulfonamides is 1. The Labute approximate surface area is 187 Å². The lowest BCUT2D eigenvalue weighted by Crippen LogP contribution is -2.38. The number of hydrogen-bond acceptors (Lipinski definition) is 4. The van der Waals surface area contributed by atoms with E-state index in [9.17, 15) is 13.2 Å². The van der Waals surface area contributed by atoms with Gasteiger partial charge in [-0.25, -0.2) is 8.42 Å². The van der Waals surface area contributed by atoms with E-state index in [1.54, 1.807) is 48.5 Å². The summed E-state index contributed by atoms with van der Waals surface area (Å²) in [4.78, 5) is 12.9. The maximum atomic E-state index is 13.5. The van der Waals surface area contributed by atoms with Crippen LogP contribution in [0.2, 0.25) is 5.02 Å². The second-order valence-electron chi connectivity index (χ2n) is 7.01. The van der Waals surface area contributed by atoms with Crippen molar-refractivity contribution in [3.63, 3.8) is 0 Å². The van der Waals surface area contributed by atoms with Crippen LogP contribution in [-0.4, -0.2) is 28.0 Å². The minimum absolute atomic E-state index is 0.0738. The van der Waals surface area contributed by atoms with Crippen LogP contribution in [0.5, 0.6) is 5.75 Å². The molecule has 0 aliphatic rings. The average Bonchev–Trinajstić information content (AvgIpc) is 2.75. The van der Waals surface area contributed by atoms with E-state index >= 15 is 0 Å². The fourth-order valence-electron chi connectivity index (χ4n) is 3.02. The lowest BCUT2D eigenvalue weighted by atomic mass is 10.2. The maximum absolute atomic E-state index is 13.5. The number of halogens is 1. The number of amides is 1. The van der Waals surface area contributed by atoms with Crippen molar-refractivity contribution in [2.75, 3.05) is 23.3 Å². The standard InChI is InChI=1S/C23H23ClN2O4S/c1-16-9-12-22(30-3)21(13-16)26(31(28,29)19-7-5-4-6-8-19)15-23(27)25-18-11-10-17(2)20(24)14-18/h4-14H,15H2,1-3H3,(H,25,27). The third-order valence-electron chi connectivity index (χ3n) is 4.68. The first kappa shape index (κ1) is 22.7. The quantitative estimate of drug-likeness (QED) is 0.551.